The molecule has 3 rings (SSSR count). The molecule has 2 heterocycles. The predicted octanol–water partition coefficient (Wildman–Crippen LogP) is 6.15. The van der Waals surface area contributed by atoms with Gasteiger partial charge >= 0.3 is 0 Å². The number of thioether (sulfide) groups is 1. The molecule has 0 aliphatic heterocycles. The molecule has 0 aliphatic carbocycles. The van der Waals surface area contributed by atoms with Gasteiger partial charge < -0.3 is 4.42 Å². The number of benzene rings is 1. The fourth-order valence-electron chi connectivity index (χ4n) is 1.75. The molecular formula is C14H7BrCl3N3OS. The molecule has 0 N–H and O–H groups in total. The van der Waals surface area contributed by atoms with Crippen LogP contribution in [0.1, 0.15) is 5.56 Å². The van der Waals surface area contributed by atoms with Gasteiger partial charge in [-0.15, -0.1) is 10.2 Å². The number of pyridine rings is 1. The van der Waals surface area contributed by atoms with Crippen LogP contribution in [0, 0.1) is 0 Å². The van der Waals surface area contributed by atoms with Crippen molar-refractivity contribution >= 4 is 62.5 Å². The molecule has 0 spiro atoms. The molecule has 0 radical (unpaired) electrons. The Labute approximate surface area is 159 Å². The smallest absolute Gasteiger partial charge is 0.277 e. The largest absolute Gasteiger partial charge is 0.411 e. The summed E-state index contributed by atoms with van der Waals surface area (Å²) in [4.78, 5) is 4.02. The summed E-state index contributed by atoms with van der Waals surface area (Å²) in [6, 6.07) is 5.11. The summed E-state index contributed by atoms with van der Waals surface area (Å²) in [6.45, 7) is 0. The van der Waals surface area contributed by atoms with Gasteiger partial charge in [-0.2, -0.15) is 0 Å². The predicted molar refractivity (Wildman–Crippen MR) is 96.3 cm³/mol. The fourth-order valence-corrected chi connectivity index (χ4v) is 3.78. The van der Waals surface area contributed by atoms with Crippen molar-refractivity contribution in [2.45, 2.75) is 11.0 Å². The molecule has 0 atom stereocenters. The van der Waals surface area contributed by atoms with Gasteiger partial charge in [0.2, 0.25) is 5.89 Å². The Kier molecular flexibility index (Phi) is 5.49. The molecule has 118 valence electrons. The van der Waals surface area contributed by atoms with Crippen LogP contribution in [0.15, 0.2) is 44.7 Å². The van der Waals surface area contributed by atoms with Crippen LogP contribution in [0.4, 0.5) is 0 Å². The van der Waals surface area contributed by atoms with Crippen LogP contribution in [-0.2, 0) is 5.75 Å². The lowest BCUT2D eigenvalue weighted by molar-refractivity contribution is 0.466. The first-order valence-corrected chi connectivity index (χ1v) is 9.15. The molecule has 1 aromatic carbocycles. The SMILES string of the molecule is Clc1cc(Cl)c(Cl)c(-c2nnc(SCc3ccncc3Br)o2)c1. The van der Waals surface area contributed by atoms with E-state index in [4.69, 9.17) is 39.2 Å². The van der Waals surface area contributed by atoms with Gasteiger partial charge in [0.05, 0.1) is 15.6 Å². The normalized spacial score (nSPS) is 11.0. The van der Waals surface area contributed by atoms with E-state index in [2.05, 4.69) is 31.1 Å². The molecule has 0 fully saturated rings. The van der Waals surface area contributed by atoms with E-state index in [-0.39, 0.29) is 5.89 Å². The standard InChI is InChI=1S/C14H7BrCl3N3OS/c15-10-5-19-2-1-7(10)6-23-14-21-20-13(22-14)9-3-8(16)4-11(17)12(9)18/h1-5H,6H2. The Morgan fingerprint density at radius 1 is 1.17 bits per heavy atom. The first kappa shape index (κ1) is 17.0. The van der Waals surface area contributed by atoms with E-state index >= 15 is 0 Å². The third kappa shape index (κ3) is 4.00. The van der Waals surface area contributed by atoms with E-state index < -0.39 is 0 Å². The monoisotopic (exact) mass is 449 g/mol. The lowest BCUT2D eigenvalue weighted by Gasteiger charge is -2.02. The summed E-state index contributed by atoms with van der Waals surface area (Å²) >= 11 is 23.0. The molecular weight excluding hydrogens is 445 g/mol. The van der Waals surface area contributed by atoms with Crippen LogP contribution in [0.25, 0.3) is 11.5 Å². The lowest BCUT2D eigenvalue weighted by Crippen LogP contribution is -1.84. The maximum atomic E-state index is 6.16. The second-order valence-corrected chi connectivity index (χ2v) is 7.38. The minimum atomic E-state index is 0.274. The van der Waals surface area contributed by atoms with Crippen molar-refractivity contribution in [1.29, 1.82) is 0 Å². The number of hydrogen-bond acceptors (Lipinski definition) is 5. The van der Waals surface area contributed by atoms with Gasteiger partial charge in [-0.05, 0) is 39.7 Å². The molecule has 0 aliphatic rings. The zero-order valence-electron chi connectivity index (χ0n) is 11.3. The number of hydrogen-bond donors (Lipinski definition) is 0. The maximum Gasteiger partial charge on any atom is 0.277 e. The van der Waals surface area contributed by atoms with Crippen molar-refractivity contribution in [2.24, 2.45) is 0 Å². The van der Waals surface area contributed by atoms with E-state index in [9.17, 15) is 0 Å². The van der Waals surface area contributed by atoms with Crippen molar-refractivity contribution in [3.05, 3.63) is 55.7 Å². The summed E-state index contributed by atoms with van der Waals surface area (Å²) in [5, 5.41) is 9.55. The second kappa shape index (κ2) is 7.40. The number of aromatic nitrogens is 3. The average molecular weight is 452 g/mol. The van der Waals surface area contributed by atoms with Gasteiger partial charge in [0.25, 0.3) is 5.22 Å². The molecule has 3 aromatic rings. The molecule has 0 saturated carbocycles. The summed E-state index contributed by atoms with van der Waals surface area (Å²) < 4.78 is 6.56. The Hall–Kier alpha value is -0.790. The summed E-state index contributed by atoms with van der Waals surface area (Å²) in [5.74, 6) is 0.935. The molecule has 2 aromatic heterocycles. The van der Waals surface area contributed by atoms with Gasteiger partial charge in [0, 0.05) is 27.6 Å². The fraction of sp³-hybridized carbons (Fsp3) is 0.0714. The third-order valence-corrected chi connectivity index (χ3v) is 5.44. The topological polar surface area (TPSA) is 51.8 Å². The number of nitrogens with zero attached hydrogens (tertiary/aromatic N) is 3. The van der Waals surface area contributed by atoms with Gasteiger partial charge in [-0.3, -0.25) is 4.98 Å². The molecule has 0 bridgehead atoms. The van der Waals surface area contributed by atoms with E-state index in [1.165, 1.54) is 11.8 Å². The van der Waals surface area contributed by atoms with Crippen molar-refractivity contribution in [3.8, 4) is 11.5 Å². The minimum Gasteiger partial charge on any atom is -0.411 e. The maximum absolute atomic E-state index is 6.16. The van der Waals surface area contributed by atoms with E-state index in [1.807, 2.05) is 6.07 Å². The van der Waals surface area contributed by atoms with E-state index in [0.29, 0.717) is 31.6 Å². The molecule has 0 amide bonds. The minimum absolute atomic E-state index is 0.274. The van der Waals surface area contributed by atoms with E-state index in [0.717, 1.165) is 10.0 Å². The Morgan fingerprint density at radius 3 is 2.78 bits per heavy atom. The molecule has 23 heavy (non-hydrogen) atoms. The highest BCUT2D eigenvalue weighted by Gasteiger charge is 2.16. The first-order chi connectivity index (χ1) is 11.0. The van der Waals surface area contributed by atoms with Crippen molar-refractivity contribution < 1.29 is 4.42 Å². The van der Waals surface area contributed by atoms with Gasteiger partial charge in [0.1, 0.15) is 0 Å². The Morgan fingerprint density at radius 2 is 2.00 bits per heavy atom. The third-order valence-electron chi connectivity index (χ3n) is 2.84. The van der Waals surface area contributed by atoms with Crippen LogP contribution >= 0.6 is 62.5 Å². The zero-order chi connectivity index (χ0) is 16.4. The Bertz CT molecular complexity index is 859. The second-order valence-electron chi connectivity index (χ2n) is 4.38. The zero-order valence-corrected chi connectivity index (χ0v) is 15.9. The summed E-state index contributed by atoms with van der Waals surface area (Å²) in [7, 11) is 0. The van der Waals surface area contributed by atoms with Crippen LogP contribution in [-0.4, -0.2) is 15.2 Å². The highest BCUT2D eigenvalue weighted by Crippen LogP contribution is 2.37. The van der Waals surface area contributed by atoms with Crippen LogP contribution < -0.4 is 0 Å². The highest BCUT2D eigenvalue weighted by molar-refractivity contribution is 9.10. The highest BCUT2D eigenvalue weighted by atomic mass is 79.9. The number of halogens is 4. The van der Waals surface area contributed by atoms with Crippen molar-refractivity contribution in [3.63, 3.8) is 0 Å². The van der Waals surface area contributed by atoms with E-state index in [1.54, 1.807) is 24.5 Å². The lowest BCUT2D eigenvalue weighted by atomic mass is 10.2. The van der Waals surface area contributed by atoms with Gasteiger partial charge in [-0.25, -0.2) is 0 Å². The molecule has 4 nitrogen and oxygen atoms in total. The summed E-state index contributed by atoms with van der Waals surface area (Å²) in [5.41, 5.74) is 1.59. The quantitative estimate of drug-likeness (QED) is 0.352. The van der Waals surface area contributed by atoms with Crippen molar-refractivity contribution in [1.82, 2.24) is 15.2 Å². The van der Waals surface area contributed by atoms with Crippen molar-refractivity contribution in [2.75, 3.05) is 0 Å². The number of rotatable bonds is 4. The van der Waals surface area contributed by atoms with Crippen LogP contribution in [0.2, 0.25) is 15.1 Å². The van der Waals surface area contributed by atoms with Gasteiger partial charge in [0.15, 0.2) is 0 Å². The first-order valence-electron chi connectivity index (χ1n) is 6.24. The average Bonchev–Trinajstić information content (AvgIpc) is 2.99. The van der Waals surface area contributed by atoms with Gasteiger partial charge in [-0.1, -0.05) is 46.6 Å². The Balaban J connectivity index is 1.80. The molecule has 0 saturated heterocycles. The molecule has 0 unspecified atom stereocenters. The molecule has 9 heteroatoms. The summed E-state index contributed by atoms with van der Waals surface area (Å²) in [6.07, 6.45) is 3.47. The van der Waals surface area contributed by atoms with Crippen LogP contribution in [0.3, 0.4) is 0 Å². The van der Waals surface area contributed by atoms with Crippen LogP contribution in [0.5, 0.6) is 0 Å².